The monoisotopic (exact) mass is 338 g/mol. The molecule has 5 aromatic rings. The van der Waals surface area contributed by atoms with Crippen molar-refractivity contribution in [1.82, 2.24) is 9.55 Å². The second-order valence-electron chi connectivity index (χ2n) is 6.44. The Morgan fingerprint density at radius 1 is 0.923 bits per heavy atom. The van der Waals surface area contributed by atoms with E-state index in [2.05, 4.69) is 75.3 Å². The first kappa shape index (κ1) is 14.8. The topological polar surface area (TPSA) is 59.1 Å². The van der Waals surface area contributed by atoms with Crippen molar-refractivity contribution in [3.63, 3.8) is 0 Å². The summed E-state index contributed by atoms with van der Waals surface area (Å²) in [5, 5.41) is 3.72. The van der Waals surface area contributed by atoms with Crippen LogP contribution in [0, 0.1) is 0 Å². The molecule has 0 spiro atoms. The molecule has 0 aliphatic heterocycles. The van der Waals surface area contributed by atoms with Gasteiger partial charge in [-0.25, -0.2) is 0 Å². The van der Waals surface area contributed by atoms with Crippen LogP contribution < -0.4 is 5.73 Å². The summed E-state index contributed by atoms with van der Waals surface area (Å²) in [6.07, 6.45) is 2.11. The second-order valence-corrected chi connectivity index (χ2v) is 6.44. The number of rotatable bonds is 2. The maximum atomic E-state index is 5.98. The molecule has 0 amide bonds. The largest absolute Gasteiger partial charge is 0.384 e. The molecule has 3 aromatic carbocycles. The Kier molecular flexibility index (Phi) is 3.12. The van der Waals surface area contributed by atoms with Crippen LogP contribution in [0.3, 0.4) is 0 Å². The zero-order valence-electron chi connectivity index (χ0n) is 14.4. The van der Waals surface area contributed by atoms with Crippen molar-refractivity contribution in [1.29, 1.82) is 0 Å². The molecule has 126 valence electrons. The SMILES string of the molecule is CN=C(N)c1cccc(-n2ccc3c4[nH]c5ccccc5c4ccc32)c1. The van der Waals surface area contributed by atoms with Gasteiger partial charge in [-0.15, -0.1) is 0 Å². The van der Waals surface area contributed by atoms with Gasteiger partial charge in [0.2, 0.25) is 0 Å². The number of nitrogens with two attached hydrogens (primary N) is 1. The van der Waals surface area contributed by atoms with Crippen molar-refractivity contribution < 1.29 is 0 Å². The number of nitrogens with one attached hydrogen (secondary N) is 1. The molecule has 0 saturated heterocycles. The predicted octanol–water partition coefficient (Wildman–Crippen LogP) is 4.60. The molecule has 2 heterocycles. The number of aromatic nitrogens is 2. The highest BCUT2D eigenvalue weighted by Gasteiger charge is 2.11. The molecule has 26 heavy (non-hydrogen) atoms. The molecule has 4 heteroatoms. The Morgan fingerprint density at radius 3 is 2.69 bits per heavy atom. The van der Waals surface area contributed by atoms with Crippen molar-refractivity contribution in [2.24, 2.45) is 10.7 Å². The smallest absolute Gasteiger partial charge is 0.125 e. The highest BCUT2D eigenvalue weighted by atomic mass is 15.0. The second kappa shape index (κ2) is 5.49. The number of hydrogen-bond donors (Lipinski definition) is 2. The van der Waals surface area contributed by atoms with Gasteiger partial charge in [-0.3, -0.25) is 4.99 Å². The fourth-order valence-corrected chi connectivity index (χ4v) is 3.71. The van der Waals surface area contributed by atoms with Gasteiger partial charge in [0.05, 0.1) is 11.0 Å². The van der Waals surface area contributed by atoms with E-state index in [0.29, 0.717) is 5.84 Å². The molecule has 2 aromatic heterocycles. The number of amidine groups is 1. The van der Waals surface area contributed by atoms with E-state index in [4.69, 9.17) is 5.73 Å². The van der Waals surface area contributed by atoms with Crippen LogP contribution in [0.15, 0.2) is 77.9 Å². The Hall–Kier alpha value is -3.53. The van der Waals surface area contributed by atoms with Crippen LogP contribution >= 0.6 is 0 Å². The van der Waals surface area contributed by atoms with Crippen LogP contribution in [-0.2, 0) is 0 Å². The van der Waals surface area contributed by atoms with Gasteiger partial charge in [0.15, 0.2) is 0 Å². The third kappa shape index (κ3) is 2.05. The van der Waals surface area contributed by atoms with Gasteiger partial charge in [-0.05, 0) is 30.3 Å². The average Bonchev–Trinajstić information content (AvgIpc) is 3.28. The average molecular weight is 338 g/mol. The van der Waals surface area contributed by atoms with E-state index in [-0.39, 0.29) is 0 Å². The predicted molar refractivity (Wildman–Crippen MR) is 109 cm³/mol. The van der Waals surface area contributed by atoms with E-state index in [0.717, 1.165) is 22.3 Å². The van der Waals surface area contributed by atoms with Crippen molar-refractivity contribution >= 4 is 38.5 Å². The molecule has 0 radical (unpaired) electrons. The van der Waals surface area contributed by atoms with Gasteiger partial charge < -0.3 is 15.3 Å². The minimum atomic E-state index is 0.543. The summed E-state index contributed by atoms with van der Waals surface area (Å²) in [5.41, 5.74) is 11.5. The summed E-state index contributed by atoms with van der Waals surface area (Å²) in [6, 6.07) is 23.1. The van der Waals surface area contributed by atoms with Gasteiger partial charge in [0.25, 0.3) is 0 Å². The Morgan fingerprint density at radius 2 is 1.81 bits per heavy atom. The summed E-state index contributed by atoms with van der Waals surface area (Å²) in [4.78, 5) is 7.66. The van der Waals surface area contributed by atoms with Gasteiger partial charge in [0, 0.05) is 46.2 Å². The molecule has 5 rings (SSSR count). The summed E-state index contributed by atoms with van der Waals surface area (Å²) in [6.45, 7) is 0. The zero-order chi connectivity index (χ0) is 17.7. The van der Waals surface area contributed by atoms with Crippen molar-refractivity contribution in [2.45, 2.75) is 0 Å². The number of fused-ring (bicyclic) bond motifs is 5. The van der Waals surface area contributed by atoms with Crippen LogP contribution in [0.2, 0.25) is 0 Å². The van der Waals surface area contributed by atoms with E-state index < -0.39 is 0 Å². The van der Waals surface area contributed by atoms with E-state index in [9.17, 15) is 0 Å². The molecule has 0 unspecified atom stereocenters. The van der Waals surface area contributed by atoms with Crippen LogP contribution in [0.25, 0.3) is 38.4 Å². The molecule has 0 aliphatic carbocycles. The van der Waals surface area contributed by atoms with E-state index >= 15 is 0 Å². The number of para-hydroxylation sites is 1. The van der Waals surface area contributed by atoms with Gasteiger partial charge in [-0.2, -0.15) is 0 Å². The van der Waals surface area contributed by atoms with Crippen molar-refractivity contribution in [2.75, 3.05) is 7.05 Å². The van der Waals surface area contributed by atoms with Crippen LogP contribution in [0.1, 0.15) is 5.56 Å². The van der Waals surface area contributed by atoms with Crippen molar-refractivity contribution in [3.05, 3.63) is 78.5 Å². The molecule has 4 nitrogen and oxygen atoms in total. The van der Waals surface area contributed by atoms with Crippen LogP contribution in [-0.4, -0.2) is 22.4 Å². The van der Waals surface area contributed by atoms with Gasteiger partial charge in [0.1, 0.15) is 5.84 Å². The van der Waals surface area contributed by atoms with E-state index in [1.165, 1.54) is 21.7 Å². The molecule has 0 saturated carbocycles. The zero-order valence-corrected chi connectivity index (χ0v) is 14.4. The highest BCUT2D eigenvalue weighted by Crippen LogP contribution is 2.32. The highest BCUT2D eigenvalue weighted by molar-refractivity contribution is 6.16. The number of H-pyrrole nitrogens is 1. The Labute approximate surface area is 150 Å². The molecular weight excluding hydrogens is 320 g/mol. The lowest BCUT2D eigenvalue weighted by Crippen LogP contribution is -2.13. The summed E-state index contributed by atoms with van der Waals surface area (Å²) in [7, 11) is 1.71. The van der Waals surface area contributed by atoms with Gasteiger partial charge in [-0.1, -0.05) is 36.4 Å². The normalized spacial score (nSPS) is 12.4. The van der Waals surface area contributed by atoms with E-state index in [1.54, 1.807) is 7.05 Å². The first-order chi connectivity index (χ1) is 12.8. The summed E-state index contributed by atoms with van der Waals surface area (Å²) in [5.74, 6) is 0.543. The maximum Gasteiger partial charge on any atom is 0.125 e. The lowest BCUT2D eigenvalue weighted by Gasteiger charge is -2.08. The minimum Gasteiger partial charge on any atom is -0.384 e. The standard InChI is InChI=1S/C22H18N4/c1-24-22(23)14-5-4-6-15(13-14)26-12-11-18-20(26)10-9-17-16-7-2-3-8-19(16)25-21(17)18/h2-13,25H,1H3,(H2,23,24). The molecular formula is C22H18N4. The fraction of sp³-hybridized carbons (Fsp3) is 0.0455. The fourth-order valence-electron chi connectivity index (χ4n) is 3.71. The summed E-state index contributed by atoms with van der Waals surface area (Å²) >= 11 is 0. The quantitative estimate of drug-likeness (QED) is 0.359. The number of aromatic amines is 1. The van der Waals surface area contributed by atoms with Crippen molar-refractivity contribution in [3.8, 4) is 5.69 Å². The first-order valence-electron chi connectivity index (χ1n) is 8.60. The lowest BCUT2D eigenvalue weighted by atomic mass is 10.1. The third-order valence-electron chi connectivity index (χ3n) is 5.01. The first-order valence-corrected chi connectivity index (χ1v) is 8.60. The molecule has 0 aliphatic rings. The molecule has 0 bridgehead atoms. The molecule has 3 N–H and O–H groups in total. The van der Waals surface area contributed by atoms with Gasteiger partial charge >= 0.3 is 0 Å². The summed E-state index contributed by atoms with van der Waals surface area (Å²) < 4.78 is 2.19. The number of aliphatic imine (C=N–C) groups is 1. The molecule has 0 fully saturated rings. The Bertz CT molecular complexity index is 1300. The lowest BCUT2D eigenvalue weighted by molar-refractivity contribution is 1.13. The minimum absolute atomic E-state index is 0.543. The Balaban J connectivity index is 1.77. The van der Waals surface area contributed by atoms with Crippen LogP contribution in [0.5, 0.6) is 0 Å². The van der Waals surface area contributed by atoms with E-state index in [1.807, 2.05) is 12.1 Å². The third-order valence-corrected chi connectivity index (χ3v) is 5.01. The van der Waals surface area contributed by atoms with Crippen LogP contribution in [0.4, 0.5) is 0 Å². The maximum absolute atomic E-state index is 5.98. The number of nitrogens with zero attached hydrogens (tertiary/aromatic N) is 2. The number of benzene rings is 3. The molecule has 0 atom stereocenters. The number of hydrogen-bond acceptors (Lipinski definition) is 1.